The number of nitrogens with zero attached hydrogens (tertiary/aromatic N) is 3. The minimum atomic E-state index is -0.709. The number of nitrogens with one attached hydrogen (secondary N) is 1. The van der Waals surface area contributed by atoms with Gasteiger partial charge in [-0.15, -0.1) is 0 Å². The smallest absolute Gasteiger partial charge is 0.303 e. The molecule has 0 bridgehead atoms. The number of carbonyl (C=O) groups is 1. The number of amidine groups is 1. The largest absolute Gasteiger partial charge is 0.481 e. The molecule has 1 saturated carbocycles. The quantitative estimate of drug-likeness (QED) is 0.495. The first kappa shape index (κ1) is 24.3. The highest BCUT2D eigenvalue weighted by Crippen LogP contribution is 2.35. The van der Waals surface area contributed by atoms with Gasteiger partial charge < -0.3 is 10.4 Å². The molecule has 2 aliphatic rings. The lowest BCUT2D eigenvalue weighted by atomic mass is 9.77. The molecule has 0 amide bonds. The molecule has 4 rings (SSSR count). The van der Waals surface area contributed by atoms with Crippen molar-refractivity contribution in [2.75, 3.05) is 5.32 Å². The fourth-order valence-electron chi connectivity index (χ4n) is 4.78. The number of allylic oxidation sites excluding steroid dienone is 4. The van der Waals surface area contributed by atoms with Crippen LogP contribution >= 0.6 is 0 Å². The Morgan fingerprint density at radius 2 is 2.00 bits per heavy atom. The highest BCUT2D eigenvalue weighted by Gasteiger charge is 2.23. The summed E-state index contributed by atoms with van der Waals surface area (Å²) in [6, 6.07) is 8.93. The van der Waals surface area contributed by atoms with Gasteiger partial charge in [0.25, 0.3) is 0 Å². The second-order valence-electron chi connectivity index (χ2n) is 9.40. The van der Waals surface area contributed by atoms with Gasteiger partial charge in [-0.1, -0.05) is 23.8 Å². The third-order valence-corrected chi connectivity index (χ3v) is 6.97. The molecule has 6 nitrogen and oxygen atoms in total. The zero-order valence-corrected chi connectivity index (χ0v) is 20.0. The van der Waals surface area contributed by atoms with Crippen molar-refractivity contribution in [2.24, 2.45) is 16.8 Å². The van der Waals surface area contributed by atoms with E-state index in [2.05, 4.69) is 34.4 Å². The standard InChI is InChI=1S/C28H29FN4O2/c1-17(21-7-5-19(6-8-21)12-26(34)35)3-4-18(2)22-9-10-24(25(29)13-22)28-32-16-23-11-20(14-30)15-31-27(23)33-28/h3-4,9-11,13,15,19,21H,5-8,12,16H2,1-2H3,(H,34,35)(H,31,32,33)/b17-3+,18-4+. The fourth-order valence-corrected chi connectivity index (χ4v) is 4.78. The molecular weight excluding hydrogens is 443 g/mol. The molecule has 0 radical (unpaired) electrons. The summed E-state index contributed by atoms with van der Waals surface area (Å²) >= 11 is 0. The van der Waals surface area contributed by atoms with Crippen LogP contribution in [0.5, 0.6) is 0 Å². The number of aliphatic imine (C=N–C) groups is 1. The summed E-state index contributed by atoms with van der Waals surface area (Å²) in [5.74, 6) is 0.702. The molecule has 180 valence electrons. The number of benzene rings is 1. The summed E-state index contributed by atoms with van der Waals surface area (Å²) < 4.78 is 15.0. The second kappa shape index (κ2) is 10.6. The van der Waals surface area contributed by atoms with Gasteiger partial charge in [0.2, 0.25) is 0 Å². The Balaban J connectivity index is 1.42. The number of hydrogen-bond acceptors (Lipinski definition) is 5. The van der Waals surface area contributed by atoms with Gasteiger partial charge in [-0.3, -0.25) is 9.79 Å². The first-order valence-corrected chi connectivity index (χ1v) is 11.9. The zero-order valence-electron chi connectivity index (χ0n) is 20.0. The fraction of sp³-hybridized carbons (Fsp3) is 0.357. The number of nitriles is 1. The molecular formula is C28H29FN4O2. The van der Waals surface area contributed by atoms with Crippen LogP contribution in [0.4, 0.5) is 10.2 Å². The van der Waals surface area contributed by atoms with E-state index < -0.39 is 5.97 Å². The van der Waals surface area contributed by atoms with Gasteiger partial charge in [-0.25, -0.2) is 9.37 Å². The molecule has 0 spiro atoms. The van der Waals surface area contributed by atoms with E-state index in [1.54, 1.807) is 12.1 Å². The minimum Gasteiger partial charge on any atom is -0.481 e. The molecule has 7 heteroatoms. The van der Waals surface area contributed by atoms with Crippen LogP contribution in [0.25, 0.3) is 5.57 Å². The van der Waals surface area contributed by atoms with Crippen LogP contribution in [0.3, 0.4) is 0 Å². The third-order valence-electron chi connectivity index (χ3n) is 6.97. The van der Waals surface area contributed by atoms with Crippen LogP contribution in [-0.4, -0.2) is 21.9 Å². The van der Waals surface area contributed by atoms with Crippen LogP contribution in [0.2, 0.25) is 0 Å². The summed E-state index contributed by atoms with van der Waals surface area (Å²) in [6.45, 7) is 4.42. The highest BCUT2D eigenvalue weighted by molar-refractivity contribution is 6.09. The maximum Gasteiger partial charge on any atom is 0.303 e. The Kier molecular flexibility index (Phi) is 7.40. The first-order valence-electron chi connectivity index (χ1n) is 11.9. The SMILES string of the molecule is C/C(=C\C=C(/C)C1CCC(CC(=O)O)CC1)c1ccc(C2=NCc3cc(C#N)cnc3N2)c(F)c1. The molecule has 2 heterocycles. The lowest BCUT2D eigenvalue weighted by molar-refractivity contribution is -0.138. The Hall–Kier alpha value is -3.79. The summed E-state index contributed by atoms with van der Waals surface area (Å²) in [4.78, 5) is 19.6. The van der Waals surface area contributed by atoms with Crippen molar-refractivity contribution >= 4 is 23.2 Å². The number of halogens is 1. The van der Waals surface area contributed by atoms with Gasteiger partial charge in [0.15, 0.2) is 0 Å². The van der Waals surface area contributed by atoms with Crippen LogP contribution in [0, 0.1) is 29.0 Å². The van der Waals surface area contributed by atoms with Crippen molar-refractivity contribution in [3.8, 4) is 6.07 Å². The highest BCUT2D eigenvalue weighted by atomic mass is 19.1. The predicted octanol–water partition coefficient (Wildman–Crippen LogP) is 6.10. The van der Waals surface area contributed by atoms with Crippen LogP contribution in [0.15, 0.2) is 53.2 Å². The van der Waals surface area contributed by atoms with Crippen molar-refractivity contribution in [1.29, 1.82) is 5.26 Å². The van der Waals surface area contributed by atoms with Crippen LogP contribution in [0.1, 0.15) is 68.2 Å². The van der Waals surface area contributed by atoms with Crippen molar-refractivity contribution in [3.05, 3.63) is 76.3 Å². The lowest BCUT2D eigenvalue weighted by Crippen LogP contribution is -2.21. The van der Waals surface area contributed by atoms with E-state index >= 15 is 4.39 Å². The molecule has 1 aromatic carbocycles. The van der Waals surface area contributed by atoms with Gasteiger partial charge in [0.05, 0.1) is 17.7 Å². The van der Waals surface area contributed by atoms with Crippen LogP contribution < -0.4 is 5.32 Å². The zero-order chi connectivity index (χ0) is 24.9. The van der Waals surface area contributed by atoms with Gasteiger partial charge in [0, 0.05) is 18.2 Å². The number of hydrogen-bond donors (Lipinski definition) is 2. The van der Waals surface area contributed by atoms with E-state index in [1.165, 1.54) is 17.8 Å². The maximum atomic E-state index is 15.0. The molecule has 0 atom stereocenters. The summed E-state index contributed by atoms with van der Waals surface area (Å²) in [6.07, 6.45) is 9.82. The molecule has 35 heavy (non-hydrogen) atoms. The van der Waals surface area contributed by atoms with Crippen molar-refractivity contribution < 1.29 is 14.3 Å². The number of anilines is 1. The molecule has 2 aromatic rings. The summed E-state index contributed by atoms with van der Waals surface area (Å²) in [5, 5.41) is 21.1. The van der Waals surface area contributed by atoms with Gasteiger partial charge >= 0.3 is 5.97 Å². The van der Waals surface area contributed by atoms with E-state index in [1.807, 2.05) is 19.1 Å². The molecule has 1 aliphatic heterocycles. The number of carboxylic acid groups (broad SMARTS) is 1. The number of carboxylic acids is 1. The molecule has 1 aromatic heterocycles. The van der Waals surface area contributed by atoms with E-state index in [9.17, 15) is 4.79 Å². The average Bonchev–Trinajstić information content (AvgIpc) is 2.86. The van der Waals surface area contributed by atoms with Crippen molar-refractivity contribution in [2.45, 2.75) is 52.5 Å². The second-order valence-corrected chi connectivity index (χ2v) is 9.40. The summed E-state index contributed by atoms with van der Waals surface area (Å²) in [5.41, 5.74) is 4.70. The number of pyridine rings is 1. The number of aliphatic carboxylic acids is 1. The van der Waals surface area contributed by atoms with Crippen molar-refractivity contribution in [1.82, 2.24) is 4.98 Å². The lowest BCUT2D eigenvalue weighted by Gasteiger charge is -2.28. The Morgan fingerprint density at radius 3 is 2.69 bits per heavy atom. The molecule has 0 saturated heterocycles. The monoisotopic (exact) mass is 472 g/mol. The first-order chi connectivity index (χ1) is 16.8. The maximum absolute atomic E-state index is 15.0. The van der Waals surface area contributed by atoms with Gasteiger partial charge in [-0.2, -0.15) is 5.26 Å². The van der Waals surface area contributed by atoms with E-state index in [4.69, 9.17) is 10.4 Å². The Labute approximate surface area is 204 Å². The third kappa shape index (κ3) is 5.83. The molecule has 0 unspecified atom stereocenters. The number of fused-ring (bicyclic) bond motifs is 1. The number of rotatable bonds is 6. The summed E-state index contributed by atoms with van der Waals surface area (Å²) in [7, 11) is 0. The Bertz CT molecular complexity index is 1260. The molecule has 1 fully saturated rings. The van der Waals surface area contributed by atoms with Gasteiger partial charge in [0.1, 0.15) is 23.5 Å². The predicted molar refractivity (Wildman–Crippen MR) is 134 cm³/mol. The van der Waals surface area contributed by atoms with Crippen molar-refractivity contribution in [3.63, 3.8) is 0 Å². The van der Waals surface area contributed by atoms with Crippen LogP contribution in [-0.2, 0) is 11.3 Å². The normalized spacial score (nSPS) is 20.3. The topological polar surface area (TPSA) is 98.4 Å². The number of aromatic nitrogens is 1. The van der Waals surface area contributed by atoms with E-state index in [-0.39, 0.29) is 18.2 Å². The average molecular weight is 473 g/mol. The molecule has 2 N–H and O–H groups in total. The molecule has 1 aliphatic carbocycles. The van der Waals surface area contributed by atoms with E-state index in [0.29, 0.717) is 35.2 Å². The Morgan fingerprint density at radius 1 is 1.23 bits per heavy atom. The van der Waals surface area contributed by atoms with Gasteiger partial charge in [-0.05, 0) is 80.7 Å². The van der Waals surface area contributed by atoms with E-state index in [0.717, 1.165) is 42.4 Å². The minimum absolute atomic E-state index is 0.267.